The molecule has 196 valence electrons. The Hall–Kier alpha value is -4.92. The van der Waals surface area contributed by atoms with Crippen molar-refractivity contribution in [3.05, 3.63) is 70.6 Å². The largest absolute Gasteiger partial charge is 0.417 e. The minimum absolute atomic E-state index is 0.0980. The van der Waals surface area contributed by atoms with Gasteiger partial charge in [0.15, 0.2) is 5.82 Å². The van der Waals surface area contributed by atoms with Crippen molar-refractivity contribution >= 4 is 58.3 Å². The van der Waals surface area contributed by atoms with Gasteiger partial charge in [-0.3, -0.25) is 15.2 Å². The molecule has 38 heavy (non-hydrogen) atoms. The average Bonchev–Trinajstić information content (AvgIpc) is 3.29. The SMILES string of the molecule is Cc1cc(Nc2cc(C(N)=O)[nH]n2)nc(Nc2ccc(NC(=O)Nc3ccc(Cl)c(C(F)(F)F)c3)nc2)n1. The second-order valence-electron chi connectivity index (χ2n) is 7.70. The van der Waals surface area contributed by atoms with Crippen LogP contribution >= 0.6 is 11.6 Å². The Balaban J connectivity index is 1.38. The summed E-state index contributed by atoms with van der Waals surface area (Å²) in [6.45, 7) is 1.75. The van der Waals surface area contributed by atoms with Crippen LogP contribution in [0.1, 0.15) is 21.7 Å². The lowest BCUT2D eigenvalue weighted by atomic mass is 10.2. The van der Waals surface area contributed by atoms with Crippen LogP contribution in [0.2, 0.25) is 5.02 Å². The number of halogens is 4. The van der Waals surface area contributed by atoms with Gasteiger partial charge in [0.25, 0.3) is 5.91 Å². The van der Waals surface area contributed by atoms with E-state index in [0.29, 0.717) is 23.0 Å². The number of alkyl halides is 3. The van der Waals surface area contributed by atoms with Crippen LogP contribution in [0.4, 0.5) is 52.7 Å². The van der Waals surface area contributed by atoms with Crippen LogP contribution in [0.5, 0.6) is 0 Å². The van der Waals surface area contributed by atoms with Crippen LogP contribution in [0.3, 0.4) is 0 Å². The van der Waals surface area contributed by atoms with Crippen molar-refractivity contribution in [2.24, 2.45) is 5.73 Å². The monoisotopic (exact) mass is 546 g/mol. The molecule has 3 amide bonds. The van der Waals surface area contributed by atoms with E-state index in [1.54, 1.807) is 19.1 Å². The summed E-state index contributed by atoms with van der Waals surface area (Å²) >= 11 is 5.59. The zero-order valence-corrected chi connectivity index (χ0v) is 20.1. The van der Waals surface area contributed by atoms with Gasteiger partial charge in [0.2, 0.25) is 5.95 Å². The van der Waals surface area contributed by atoms with Crippen molar-refractivity contribution < 1.29 is 22.8 Å². The van der Waals surface area contributed by atoms with E-state index >= 15 is 0 Å². The minimum atomic E-state index is -4.67. The third kappa shape index (κ3) is 6.64. The summed E-state index contributed by atoms with van der Waals surface area (Å²) in [6.07, 6.45) is -3.27. The van der Waals surface area contributed by atoms with Gasteiger partial charge in [-0.15, -0.1) is 0 Å². The van der Waals surface area contributed by atoms with Gasteiger partial charge in [-0.1, -0.05) is 11.6 Å². The number of carbonyl (C=O) groups excluding carboxylic acids is 2. The molecular weight excluding hydrogens is 529 g/mol. The van der Waals surface area contributed by atoms with Gasteiger partial charge >= 0.3 is 12.2 Å². The molecular formula is C22H18ClF3N10O2. The van der Waals surface area contributed by atoms with Crippen LogP contribution in [0.15, 0.2) is 48.7 Å². The molecule has 0 saturated carbocycles. The highest BCUT2D eigenvalue weighted by Gasteiger charge is 2.33. The molecule has 16 heteroatoms. The Morgan fingerprint density at radius 3 is 2.37 bits per heavy atom. The fourth-order valence-electron chi connectivity index (χ4n) is 3.10. The third-order valence-electron chi connectivity index (χ3n) is 4.74. The van der Waals surface area contributed by atoms with Gasteiger partial charge in [-0.25, -0.2) is 14.8 Å². The number of anilines is 6. The molecule has 4 rings (SSSR count). The highest BCUT2D eigenvalue weighted by atomic mass is 35.5. The Morgan fingerprint density at radius 2 is 1.71 bits per heavy atom. The number of aromatic amines is 1. The molecule has 0 spiro atoms. The van der Waals surface area contributed by atoms with Crippen molar-refractivity contribution in [3.63, 3.8) is 0 Å². The van der Waals surface area contributed by atoms with E-state index in [0.717, 1.165) is 12.1 Å². The predicted molar refractivity (Wildman–Crippen MR) is 134 cm³/mol. The number of primary amides is 1. The maximum atomic E-state index is 13.0. The molecule has 12 nitrogen and oxygen atoms in total. The third-order valence-corrected chi connectivity index (χ3v) is 5.07. The van der Waals surface area contributed by atoms with Crippen molar-refractivity contribution in [2.45, 2.75) is 13.1 Å². The fraction of sp³-hybridized carbons (Fsp3) is 0.0909. The van der Waals surface area contributed by atoms with Crippen molar-refractivity contribution in [1.82, 2.24) is 25.1 Å². The van der Waals surface area contributed by atoms with Gasteiger partial charge in [-0.05, 0) is 37.3 Å². The Labute approximate surface area is 217 Å². The van der Waals surface area contributed by atoms with E-state index in [2.05, 4.69) is 46.4 Å². The summed E-state index contributed by atoms with van der Waals surface area (Å²) in [4.78, 5) is 36.1. The van der Waals surface area contributed by atoms with E-state index in [4.69, 9.17) is 17.3 Å². The summed E-state index contributed by atoms with van der Waals surface area (Å²) in [5.41, 5.74) is 5.27. The molecule has 0 saturated heterocycles. The number of urea groups is 1. The van der Waals surface area contributed by atoms with Gasteiger partial charge in [0.1, 0.15) is 17.3 Å². The van der Waals surface area contributed by atoms with E-state index in [1.165, 1.54) is 24.4 Å². The number of hydrogen-bond donors (Lipinski definition) is 6. The lowest BCUT2D eigenvalue weighted by Gasteiger charge is -2.12. The summed E-state index contributed by atoms with van der Waals surface area (Å²) < 4.78 is 39.0. The molecule has 3 heterocycles. The van der Waals surface area contributed by atoms with E-state index in [9.17, 15) is 22.8 Å². The van der Waals surface area contributed by atoms with Crippen LogP contribution in [-0.2, 0) is 6.18 Å². The predicted octanol–water partition coefficient (Wildman–Crippen LogP) is 4.81. The first kappa shape index (κ1) is 26.2. The molecule has 0 unspecified atom stereocenters. The number of rotatable bonds is 7. The minimum Gasteiger partial charge on any atom is -0.364 e. The fourth-order valence-corrected chi connectivity index (χ4v) is 3.33. The maximum absolute atomic E-state index is 13.0. The normalized spacial score (nSPS) is 11.1. The summed E-state index contributed by atoms with van der Waals surface area (Å²) in [5.74, 6) is 0.416. The topological polar surface area (TPSA) is 176 Å². The maximum Gasteiger partial charge on any atom is 0.417 e. The number of pyridine rings is 1. The smallest absolute Gasteiger partial charge is 0.364 e. The van der Waals surface area contributed by atoms with Crippen LogP contribution in [0.25, 0.3) is 0 Å². The number of benzene rings is 1. The van der Waals surface area contributed by atoms with Crippen molar-refractivity contribution in [1.29, 1.82) is 0 Å². The number of nitrogens with two attached hydrogens (primary N) is 1. The number of aryl methyl sites for hydroxylation is 1. The summed E-state index contributed by atoms with van der Waals surface area (Å²) in [6, 6.07) is 8.35. The molecule has 4 aromatic rings. The zero-order valence-electron chi connectivity index (χ0n) is 19.3. The number of hydrogen-bond acceptors (Lipinski definition) is 8. The standard InChI is InChI=1S/C22H18ClF3N10O2/c1-10-6-17(32-18-8-15(19(27)37)35-36-18)33-20(29-10)30-12-3-5-16(28-9-12)34-21(38)31-11-2-4-14(23)13(7-11)22(24,25)26/h2-9H,1H3,(H2,27,37)(H2,28,31,34,38)(H3,29,30,32,33,35,36). The van der Waals surface area contributed by atoms with E-state index in [1.807, 2.05) is 0 Å². The lowest BCUT2D eigenvalue weighted by Crippen LogP contribution is -2.20. The van der Waals surface area contributed by atoms with Crippen LogP contribution in [0, 0.1) is 6.92 Å². The molecule has 0 aliphatic rings. The lowest BCUT2D eigenvalue weighted by molar-refractivity contribution is -0.137. The highest BCUT2D eigenvalue weighted by molar-refractivity contribution is 6.31. The molecule has 3 aromatic heterocycles. The average molecular weight is 547 g/mol. The first-order valence-electron chi connectivity index (χ1n) is 10.6. The number of amides is 3. The quantitative estimate of drug-likeness (QED) is 0.191. The molecule has 0 bridgehead atoms. The zero-order chi connectivity index (χ0) is 27.4. The molecule has 0 aliphatic carbocycles. The second-order valence-corrected chi connectivity index (χ2v) is 8.11. The van der Waals surface area contributed by atoms with Gasteiger partial charge < -0.3 is 21.7 Å². The molecule has 1 aromatic carbocycles. The first-order chi connectivity index (χ1) is 18.0. The molecule has 0 aliphatic heterocycles. The number of H-pyrrole nitrogens is 1. The second kappa shape index (κ2) is 10.6. The van der Waals surface area contributed by atoms with Crippen LogP contribution in [-0.4, -0.2) is 37.1 Å². The summed E-state index contributed by atoms with van der Waals surface area (Å²) in [7, 11) is 0. The molecule has 7 N–H and O–H groups in total. The number of aromatic nitrogens is 5. The summed E-state index contributed by atoms with van der Waals surface area (Å²) in [5, 5.41) is 16.6. The highest BCUT2D eigenvalue weighted by Crippen LogP contribution is 2.36. The molecule has 0 atom stereocenters. The van der Waals surface area contributed by atoms with Crippen molar-refractivity contribution in [2.75, 3.05) is 21.3 Å². The number of nitrogens with zero attached hydrogens (tertiary/aromatic N) is 4. The van der Waals surface area contributed by atoms with E-state index in [-0.39, 0.29) is 23.1 Å². The molecule has 0 fully saturated rings. The molecule has 0 radical (unpaired) electrons. The Bertz CT molecular complexity index is 1490. The number of carbonyl (C=O) groups is 2. The van der Waals surface area contributed by atoms with E-state index < -0.39 is 28.7 Å². The van der Waals surface area contributed by atoms with Crippen molar-refractivity contribution in [3.8, 4) is 0 Å². The first-order valence-corrected chi connectivity index (χ1v) is 11.0. The van der Waals surface area contributed by atoms with Crippen LogP contribution < -0.4 is 27.0 Å². The Morgan fingerprint density at radius 1 is 0.947 bits per heavy atom. The number of nitrogens with one attached hydrogen (secondary N) is 5. The van der Waals surface area contributed by atoms with Gasteiger partial charge in [0.05, 0.1) is 22.5 Å². The van der Waals surface area contributed by atoms with Gasteiger partial charge in [0, 0.05) is 23.5 Å². The van der Waals surface area contributed by atoms with Gasteiger partial charge in [-0.2, -0.15) is 23.3 Å². The Kier molecular flexibility index (Phi) is 7.29.